The summed E-state index contributed by atoms with van der Waals surface area (Å²) in [5.74, 6) is -1.10. The maximum absolute atomic E-state index is 11.4. The van der Waals surface area contributed by atoms with Crippen LogP contribution in [0.3, 0.4) is 0 Å². The summed E-state index contributed by atoms with van der Waals surface area (Å²) in [4.78, 5) is 28.1. The van der Waals surface area contributed by atoms with Gasteiger partial charge in [0, 0.05) is 12.7 Å². The van der Waals surface area contributed by atoms with E-state index < -0.39 is 17.9 Å². The number of hydrogen-bond acceptors (Lipinski definition) is 4. The third-order valence-electron chi connectivity index (χ3n) is 3.17. The summed E-state index contributed by atoms with van der Waals surface area (Å²) in [7, 11) is 0. The molecule has 102 valence electrons. The van der Waals surface area contributed by atoms with E-state index in [0.29, 0.717) is 18.8 Å². The van der Waals surface area contributed by atoms with E-state index in [0.717, 1.165) is 12.8 Å². The number of piperidine rings is 1. The lowest BCUT2D eigenvalue weighted by Gasteiger charge is -2.35. The molecule has 0 spiro atoms. The molecule has 1 aliphatic rings. The minimum atomic E-state index is -1.09. The van der Waals surface area contributed by atoms with Crippen molar-refractivity contribution in [2.45, 2.75) is 25.3 Å². The standard InChI is InChI=1S/C12H14ClN3O3/c13-8-5-7(12(18)19)6-15-11(8)16-4-2-1-3-9(16)10(14)17/h5-6,9H,1-4H2,(H2,14,17)(H,18,19). The number of carboxylic acids is 1. The number of pyridine rings is 1. The van der Waals surface area contributed by atoms with E-state index in [1.165, 1.54) is 12.3 Å². The number of hydrogen-bond donors (Lipinski definition) is 2. The van der Waals surface area contributed by atoms with Crippen LogP contribution in [0.1, 0.15) is 29.6 Å². The Bertz CT molecular complexity index is 521. The molecule has 2 heterocycles. The number of anilines is 1. The first kappa shape index (κ1) is 13.6. The van der Waals surface area contributed by atoms with Crippen molar-refractivity contribution in [1.82, 2.24) is 4.98 Å². The van der Waals surface area contributed by atoms with Gasteiger partial charge in [-0.1, -0.05) is 11.6 Å². The third-order valence-corrected chi connectivity index (χ3v) is 3.45. The van der Waals surface area contributed by atoms with Crippen molar-refractivity contribution < 1.29 is 14.7 Å². The molecule has 0 bridgehead atoms. The SMILES string of the molecule is NC(=O)C1CCCCN1c1ncc(C(=O)O)cc1Cl. The molecule has 1 atom stereocenters. The lowest BCUT2D eigenvalue weighted by Crippen LogP contribution is -2.48. The van der Waals surface area contributed by atoms with Gasteiger partial charge in [-0.2, -0.15) is 0 Å². The Hall–Kier alpha value is -1.82. The van der Waals surface area contributed by atoms with Gasteiger partial charge in [-0.05, 0) is 25.3 Å². The van der Waals surface area contributed by atoms with Gasteiger partial charge in [0.2, 0.25) is 5.91 Å². The van der Waals surface area contributed by atoms with Gasteiger partial charge in [-0.25, -0.2) is 9.78 Å². The second kappa shape index (κ2) is 5.44. The van der Waals surface area contributed by atoms with Crippen molar-refractivity contribution in [3.8, 4) is 0 Å². The summed E-state index contributed by atoms with van der Waals surface area (Å²) in [6, 6.07) is 0.897. The molecule has 0 aliphatic carbocycles. The number of aromatic nitrogens is 1. The van der Waals surface area contributed by atoms with E-state index in [1.54, 1.807) is 4.90 Å². The molecular weight excluding hydrogens is 270 g/mol. The average molecular weight is 284 g/mol. The number of carbonyl (C=O) groups is 2. The molecule has 1 fully saturated rings. The fourth-order valence-electron chi connectivity index (χ4n) is 2.24. The second-order valence-corrected chi connectivity index (χ2v) is 4.85. The molecule has 1 aliphatic heterocycles. The number of carboxylic acid groups (broad SMARTS) is 1. The second-order valence-electron chi connectivity index (χ2n) is 4.44. The Kier molecular flexibility index (Phi) is 3.90. The van der Waals surface area contributed by atoms with Crippen LogP contribution in [0, 0.1) is 0 Å². The topological polar surface area (TPSA) is 96.5 Å². The minimum Gasteiger partial charge on any atom is -0.478 e. The van der Waals surface area contributed by atoms with Crippen molar-refractivity contribution in [2.24, 2.45) is 5.73 Å². The van der Waals surface area contributed by atoms with Crippen LogP contribution < -0.4 is 10.6 Å². The van der Waals surface area contributed by atoms with E-state index in [-0.39, 0.29) is 10.6 Å². The number of nitrogens with two attached hydrogens (primary N) is 1. The molecule has 6 nitrogen and oxygen atoms in total. The fraction of sp³-hybridized carbons (Fsp3) is 0.417. The molecule has 7 heteroatoms. The van der Waals surface area contributed by atoms with Crippen LogP contribution in [0.4, 0.5) is 5.82 Å². The molecule has 1 amide bonds. The lowest BCUT2D eigenvalue weighted by molar-refractivity contribution is -0.119. The van der Waals surface area contributed by atoms with Crippen molar-refractivity contribution in [1.29, 1.82) is 0 Å². The number of amides is 1. The van der Waals surface area contributed by atoms with Crippen LogP contribution in [-0.4, -0.2) is 34.6 Å². The maximum Gasteiger partial charge on any atom is 0.337 e. The van der Waals surface area contributed by atoms with Gasteiger partial charge in [0.1, 0.15) is 11.9 Å². The molecule has 1 aromatic heterocycles. The molecule has 0 saturated carbocycles. The fourth-order valence-corrected chi connectivity index (χ4v) is 2.51. The van der Waals surface area contributed by atoms with Crippen LogP contribution in [0.15, 0.2) is 12.3 Å². The number of carbonyl (C=O) groups excluding carboxylic acids is 1. The highest BCUT2D eigenvalue weighted by Gasteiger charge is 2.29. The zero-order chi connectivity index (χ0) is 14.0. The van der Waals surface area contributed by atoms with Crippen molar-refractivity contribution >= 4 is 29.3 Å². The normalized spacial score (nSPS) is 19.2. The van der Waals surface area contributed by atoms with E-state index in [4.69, 9.17) is 22.4 Å². The Morgan fingerprint density at radius 2 is 2.21 bits per heavy atom. The Morgan fingerprint density at radius 3 is 2.79 bits per heavy atom. The van der Waals surface area contributed by atoms with Gasteiger partial charge in [-0.15, -0.1) is 0 Å². The summed E-state index contributed by atoms with van der Waals surface area (Å²) in [5.41, 5.74) is 5.39. The Balaban J connectivity index is 2.34. The van der Waals surface area contributed by atoms with Gasteiger partial charge in [0.15, 0.2) is 0 Å². The molecule has 3 N–H and O–H groups in total. The summed E-state index contributed by atoms with van der Waals surface area (Å²) in [6.07, 6.45) is 3.74. The molecule has 1 unspecified atom stereocenters. The molecule has 19 heavy (non-hydrogen) atoms. The highest BCUT2D eigenvalue weighted by atomic mass is 35.5. The first-order valence-corrected chi connectivity index (χ1v) is 6.33. The number of rotatable bonds is 3. The lowest BCUT2D eigenvalue weighted by atomic mass is 10.0. The Labute approximate surface area is 115 Å². The van der Waals surface area contributed by atoms with Crippen LogP contribution in [0.5, 0.6) is 0 Å². The van der Waals surface area contributed by atoms with Gasteiger partial charge in [0.25, 0.3) is 0 Å². The summed E-state index contributed by atoms with van der Waals surface area (Å²) in [5, 5.41) is 9.08. The van der Waals surface area contributed by atoms with Gasteiger partial charge >= 0.3 is 5.97 Å². The van der Waals surface area contributed by atoms with Gasteiger partial charge in [0.05, 0.1) is 10.6 Å². The van der Waals surface area contributed by atoms with Crippen LogP contribution in [0.2, 0.25) is 5.02 Å². The molecule has 2 rings (SSSR count). The van der Waals surface area contributed by atoms with Crippen LogP contribution >= 0.6 is 11.6 Å². The van der Waals surface area contributed by atoms with E-state index in [2.05, 4.69) is 4.98 Å². The average Bonchev–Trinajstić information content (AvgIpc) is 2.38. The third kappa shape index (κ3) is 2.78. The zero-order valence-corrected chi connectivity index (χ0v) is 10.9. The van der Waals surface area contributed by atoms with Gasteiger partial charge in [-0.3, -0.25) is 4.79 Å². The van der Waals surface area contributed by atoms with E-state index in [1.807, 2.05) is 0 Å². The van der Waals surface area contributed by atoms with Crippen molar-refractivity contribution in [3.63, 3.8) is 0 Å². The van der Waals surface area contributed by atoms with E-state index in [9.17, 15) is 9.59 Å². The smallest absolute Gasteiger partial charge is 0.337 e. The monoisotopic (exact) mass is 283 g/mol. The molecule has 1 saturated heterocycles. The predicted molar refractivity (Wildman–Crippen MR) is 70.4 cm³/mol. The number of primary amides is 1. The summed E-state index contributed by atoms with van der Waals surface area (Å²) < 4.78 is 0. The van der Waals surface area contributed by atoms with Crippen LogP contribution in [0.25, 0.3) is 0 Å². The van der Waals surface area contributed by atoms with Crippen molar-refractivity contribution in [2.75, 3.05) is 11.4 Å². The van der Waals surface area contributed by atoms with Crippen molar-refractivity contribution in [3.05, 3.63) is 22.8 Å². The predicted octanol–water partition coefficient (Wildman–Crippen LogP) is 1.28. The minimum absolute atomic E-state index is 0.0152. The summed E-state index contributed by atoms with van der Waals surface area (Å²) in [6.45, 7) is 0.632. The Morgan fingerprint density at radius 1 is 1.47 bits per heavy atom. The number of halogens is 1. The largest absolute Gasteiger partial charge is 0.478 e. The highest BCUT2D eigenvalue weighted by molar-refractivity contribution is 6.33. The first-order valence-electron chi connectivity index (χ1n) is 5.95. The van der Waals surface area contributed by atoms with Gasteiger partial charge < -0.3 is 15.7 Å². The number of aromatic carboxylic acids is 1. The molecule has 0 radical (unpaired) electrons. The highest BCUT2D eigenvalue weighted by Crippen LogP contribution is 2.29. The number of nitrogens with zero attached hydrogens (tertiary/aromatic N) is 2. The maximum atomic E-state index is 11.4. The summed E-state index contributed by atoms with van der Waals surface area (Å²) >= 11 is 6.06. The molecule has 1 aromatic rings. The quantitative estimate of drug-likeness (QED) is 0.871. The zero-order valence-electron chi connectivity index (χ0n) is 10.2. The van der Waals surface area contributed by atoms with E-state index >= 15 is 0 Å². The molecule has 0 aromatic carbocycles. The van der Waals surface area contributed by atoms with Crippen LogP contribution in [-0.2, 0) is 4.79 Å². The molecular formula is C12H14ClN3O3. The first-order chi connectivity index (χ1) is 9.00.